The maximum Gasteiger partial charge on any atom is 0.234 e. The van der Waals surface area contributed by atoms with Gasteiger partial charge in [0.1, 0.15) is 0 Å². The third-order valence-corrected chi connectivity index (χ3v) is 2.07. The van der Waals surface area contributed by atoms with E-state index < -0.39 is 0 Å². The van der Waals surface area contributed by atoms with E-state index in [2.05, 4.69) is 18.5 Å². The molecule has 0 spiro atoms. The van der Waals surface area contributed by atoms with Crippen molar-refractivity contribution >= 4 is 11.8 Å². The zero-order valence-corrected chi connectivity index (χ0v) is 13.5. The predicted octanol–water partition coefficient (Wildman–Crippen LogP) is 3.31. The Hall–Kier alpha value is -1.84. The molecule has 1 heterocycles. The predicted molar refractivity (Wildman–Crippen MR) is 86.9 cm³/mol. The summed E-state index contributed by atoms with van der Waals surface area (Å²) in [5.74, 6) is -0.824. The van der Waals surface area contributed by atoms with Crippen LogP contribution >= 0.6 is 0 Å². The highest BCUT2D eigenvalue weighted by Gasteiger charge is 2.27. The number of piperidine rings is 1. The minimum atomic E-state index is -0.319. The second kappa shape index (κ2) is 17.2. The average molecular weight is 282 g/mol. The van der Waals surface area contributed by atoms with E-state index in [0.717, 1.165) is 0 Å². The van der Waals surface area contributed by atoms with Gasteiger partial charge >= 0.3 is 0 Å². The zero-order chi connectivity index (χ0) is 16.6. The molecule has 0 aromatic heterocycles. The van der Waals surface area contributed by atoms with Crippen molar-refractivity contribution in [3.05, 3.63) is 37.1 Å². The van der Waals surface area contributed by atoms with Gasteiger partial charge in [0.05, 0.1) is 5.92 Å². The van der Waals surface area contributed by atoms with Gasteiger partial charge in [0, 0.05) is 6.42 Å². The van der Waals surface area contributed by atoms with Crippen LogP contribution in [0.15, 0.2) is 37.1 Å². The van der Waals surface area contributed by atoms with Gasteiger partial charge < -0.3 is 5.73 Å². The summed E-state index contributed by atoms with van der Waals surface area (Å²) in [5.41, 5.74) is 5.98. The summed E-state index contributed by atoms with van der Waals surface area (Å²) in [6.45, 7) is 16.8. The van der Waals surface area contributed by atoms with Crippen LogP contribution < -0.4 is 11.1 Å². The van der Waals surface area contributed by atoms with Gasteiger partial charge in [-0.3, -0.25) is 14.9 Å². The lowest BCUT2D eigenvalue weighted by atomic mass is 9.91. The molecule has 1 rings (SSSR count). The minimum absolute atomic E-state index is 0.221. The van der Waals surface area contributed by atoms with Crippen molar-refractivity contribution < 1.29 is 9.59 Å². The van der Waals surface area contributed by atoms with Crippen LogP contribution in [0.2, 0.25) is 0 Å². The third kappa shape index (κ3) is 10.1. The number of nitrogens with two attached hydrogens (primary N) is 1. The number of amides is 2. The van der Waals surface area contributed by atoms with Gasteiger partial charge in [-0.05, 0) is 25.1 Å². The van der Waals surface area contributed by atoms with Gasteiger partial charge in [-0.15, -0.1) is 6.58 Å². The van der Waals surface area contributed by atoms with Gasteiger partial charge in [-0.1, -0.05) is 46.4 Å². The van der Waals surface area contributed by atoms with E-state index in [4.69, 9.17) is 5.73 Å². The molecule has 2 amide bonds. The van der Waals surface area contributed by atoms with Crippen LogP contribution in [0.4, 0.5) is 0 Å². The molecule has 1 unspecified atom stereocenters. The molecule has 0 saturated carbocycles. The Bertz CT molecular complexity index is 320. The highest BCUT2D eigenvalue weighted by atomic mass is 16.2. The minimum Gasteiger partial charge on any atom is -0.404 e. The second-order valence-corrected chi connectivity index (χ2v) is 3.28. The normalized spacial score (nSPS) is 16.9. The fourth-order valence-electron chi connectivity index (χ4n) is 1.34. The van der Waals surface area contributed by atoms with Crippen molar-refractivity contribution in [3.8, 4) is 0 Å². The first-order valence-electron chi connectivity index (χ1n) is 7.05. The Morgan fingerprint density at radius 2 is 1.70 bits per heavy atom. The van der Waals surface area contributed by atoms with Gasteiger partial charge in [-0.25, -0.2) is 0 Å². The van der Waals surface area contributed by atoms with Gasteiger partial charge in [0.25, 0.3) is 0 Å². The second-order valence-electron chi connectivity index (χ2n) is 3.28. The molecular weight excluding hydrogens is 252 g/mol. The summed E-state index contributed by atoms with van der Waals surface area (Å²) in [5, 5.41) is 2.26. The number of rotatable bonds is 2. The lowest BCUT2D eigenvalue weighted by molar-refractivity contribution is -0.135. The maximum atomic E-state index is 11.3. The Morgan fingerprint density at radius 1 is 1.25 bits per heavy atom. The molecule has 4 heteroatoms. The van der Waals surface area contributed by atoms with E-state index in [0.29, 0.717) is 18.4 Å². The molecule has 20 heavy (non-hydrogen) atoms. The number of allylic oxidation sites excluding steroid dienone is 2. The van der Waals surface area contributed by atoms with Crippen molar-refractivity contribution in [2.24, 2.45) is 11.7 Å². The van der Waals surface area contributed by atoms with Gasteiger partial charge in [-0.2, -0.15) is 0 Å². The third-order valence-electron chi connectivity index (χ3n) is 2.07. The SMILES string of the molecule is C=C/C(=C\N)C1CCC(=O)NC1=O.C=CC.CC.CC. The molecule has 3 N–H and O–H groups in total. The van der Waals surface area contributed by atoms with Gasteiger partial charge in [0.2, 0.25) is 11.8 Å². The Labute approximate surface area is 123 Å². The molecule has 1 atom stereocenters. The highest BCUT2D eigenvalue weighted by Crippen LogP contribution is 2.20. The number of carbonyl (C=O) groups is 2. The average Bonchev–Trinajstić information content (AvgIpc) is 2.47. The Morgan fingerprint density at radius 3 is 2.00 bits per heavy atom. The number of hydrogen-bond acceptors (Lipinski definition) is 3. The molecule has 0 aliphatic carbocycles. The van der Waals surface area contributed by atoms with Crippen LogP contribution in [0, 0.1) is 5.92 Å². The molecule has 0 radical (unpaired) electrons. The quantitative estimate of drug-likeness (QED) is 0.463. The fourth-order valence-corrected chi connectivity index (χ4v) is 1.34. The summed E-state index contributed by atoms with van der Waals surface area (Å²) in [6, 6.07) is 0. The van der Waals surface area contributed by atoms with E-state index in [1.54, 1.807) is 12.2 Å². The number of carbonyl (C=O) groups excluding carboxylic acids is 2. The van der Waals surface area contributed by atoms with Crippen molar-refractivity contribution in [3.63, 3.8) is 0 Å². The van der Waals surface area contributed by atoms with Crippen LogP contribution in [0.25, 0.3) is 0 Å². The summed E-state index contributed by atoms with van der Waals surface area (Å²) in [7, 11) is 0. The molecule has 116 valence electrons. The van der Waals surface area contributed by atoms with Crippen LogP contribution in [-0.4, -0.2) is 11.8 Å². The molecule has 0 bridgehead atoms. The van der Waals surface area contributed by atoms with Crippen molar-refractivity contribution in [2.75, 3.05) is 0 Å². The molecular formula is C16H30N2O2. The van der Waals surface area contributed by atoms with E-state index in [9.17, 15) is 9.59 Å². The molecule has 4 nitrogen and oxygen atoms in total. The largest absolute Gasteiger partial charge is 0.404 e. The van der Waals surface area contributed by atoms with Crippen LogP contribution in [-0.2, 0) is 9.59 Å². The van der Waals surface area contributed by atoms with E-state index in [1.165, 1.54) is 6.20 Å². The van der Waals surface area contributed by atoms with E-state index >= 15 is 0 Å². The standard InChI is InChI=1S/C9H12N2O2.C3H6.2C2H6/c1-2-6(5-10)7-3-4-8(12)11-9(7)13;1-3-2;2*1-2/h2,5,7H,1,3-4,10H2,(H,11,12,13);3H,1H2,2H3;2*1-2H3/b6-5+;;;. The molecule has 1 fully saturated rings. The first-order chi connectivity index (χ1) is 9.60. The summed E-state index contributed by atoms with van der Waals surface area (Å²) >= 11 is 0. The summed E-state index contributed by atoms with van der Waals surface area (Å²) < 4.78 is 0. The number of hydrogen-bond donors (Lipinski definition) is 2. The summed E-state index contributed by atoms with van der Waals surface area (Å²) in [4.78, 5) is 22.1. The molecule has 1 aliphatic heterocycles. The van der Waals surface area contributed by atoms with Crippen molar-refractivity contribution in [2.45, 2.75) is 47.5 Å². The van der Waals surface area contributed by atoms with E-state index in [-0.39, 0.29) is 17.7 Å². The smallest absolute Gasteiger partial charge is 0.234 e. The van der Waals surface area contributed by atoms with Gasteiger partial charge in [0.15, 0.2) is 0 Å². The number of nitrogens with one attached hydrogen (secondary N) is 1. The number of imide groups is 1. The first kappa shape index (κ1) is 23.3. The van der Waals surface area contributed by atoms with Crippen LogP contribution in [0.1, 0.15) is 47.5 Å². The molecule has 1 saturated heterocycles. The Kier molecular flexibility index (Phi) is 20.0. The van der Waals surface area contributed by atoms with Crippen LogP contribution in [0.5, 0.6) is 0 Å². The van der Waals surface area contributed by atoms with Crippen molar-refractivity contribution in [1.82, 2.24) is 5.32 Å². The monoisotopic (exact) mass is 282 g/mol. The zero-order valence-electron chi connectivity index (χ0n) is 13.5. The van der Waals surface area contributed by atoms with Crippen LogP contribution in [0.3, 0.4) is 0 Å². The highest BCUT2D eigenvalue weighted by molar-refractivity contribution is 6.00. The lowest BCUT2D eigenvalue weighted by Gasteiger charge is -2.21. The summed E-state index contributed by atoms with van der Waals surface area (Å²) in [6.07, 6.45) is 5.52. The maximum absolute atomic E-state index is 11.3. The first-order valence-corrected chi connectivity index (χ1v) is 7.05. The lowest BCUT2D eigenvalue weighted by Crippen LogP contribution is -2.41. The topological polar surface area (TPSA) is 72.2 Å². The molecule has 1 aliphatic rings. The van der Waals surface area contributed by atoms with E-state index in [1.807, 2.05) is 34.6 Å². The molecule has 0 aromatic carbocycles. The van der Waals surface area contributed by atoms with Crippen molar-refractivity contribution in [1.29, 1.82) is 0 Å². The Balaban J connectivity index is -0.000000355. The fraction of sp³-hybridized carbons (Fsp3) is 0.500. The molecule has 0 aromatic rings.